The topological polar surface area (TPSA) is 0 Å². The molecular weight excluding hydrogens is 263 g/mol. The molecule has 0 saturated heterocycles. The zero-order chi connectivity index (χ0) is 7.84. The standard InChI is InChI=1S/C9H8AsBr/c10-8-3-6-1-2-9(11)5-7(6)4-8/h1-2,5,8H,3-4H2/t8-/m1/s1. The van der Waals surface area contributed by atoms with Gasteiger partial charge in [0, 0.05) is 0 Å². The van der Waals surface area contributed by atoms with Gasteiger partial charge in [0.2, 0.25) is 0 Å². The molecule has 0 aromatic heterocycles. The van der Waals surface area contributed by atoms with Gasteiger partial charge < -0.3 is 0 Å². The summed E-state index contributed by atoms with van der Waals surface area (Å²) in [5.41, 5.74) is 3.05. The van der Waals surface area contributed by atoms with Crippen molar-refractivity contribution in [3.05, 3.63) is 33.8 Å². The minimum atomic E-state index is 0.784. The molecule has 1 aromatic rings. The number of hydrogen-bond acceptors (Lipinski definition) is 0. The number of fused-ring (bicyclic) bond motifs is 1. The molecule has 2 rings (SSSR count). The first kappa shape index (κ1) is 7.88. The molecule has 0 N–H and O–H groups in total. The average molecular weight is 271 g/mol. The van der Waals surface area contributed by atoms with Crippen LogP contribution in [-0.2, 0) is 12.8 Å². The Morgan fingerprint density at radius 1 is 1.27 bits per heavy atom. The molecule has 11 heavy (non-hydrogen) atoms. The van der Waals surface area contributed by atoms with Crippen molar-refractivity contribution < 1.29 is 0 Å². The van der Waals surface area contributed by atoms with E-state index in [1.165, 1.54) is 28.4 Å². The van der Waals surface area contributed by atoms with Crippen LogP contribution in [0.4, 0.5) is 0 Å². The summed E-state index contributed by atoms with van der Waals surface area (Å²) >= 11 is 6.23. The van der Waals surface area contributed by atoms with E-state index in [-0.39, 0.29) is 0 Å². The molecule has 0 saturated carbocycles. The fraction of sp³-hybridized carbons (Fsp3) is 0.333. The summed E-state index contributed by atoms with van der Waals surface area (Å²) in [6, 6.07) is 6.60. The van der Waals surface area contributed by atoms with Gasteiger partial charge in [-0.3, -0.25) is 0 Å². The quantitative estimate of drug-likeness (QED) is 0.636. The van der Waals surface area contributed by atoms with E-state index in [1.54, 1.807) is 0 Å². The van der Waals surface area contributed by atoms with Crippen LogP contribution in [-0.4, -0.2) is 16.9 Å². The van der Waals surface area contributed by atoms with Gasteiger partial charge in [-0.15, -0.1) is 0 Å². The summed E-state index contributed by atoms with van der Waals surface area (Å²) in [5, 5.41) is 0. The Kier molecular flexibility index (Phi) is 2.12. The fourth-order valence-corrected chi connectivity index (χ4v) is 2.80. The third kappa shape index (κ3) is 1.55. The van der Waals surface area contributed by atoms with Crippen LogP contribution in [0.3, 0.4) is 0 Å². The van der Waals surface area contributed by atoms with Crippen molar-refractivity contribution >= 4 is 32.8 Å². The Morgan fingerprint density at radius 2 is 2.00 bits per heavy atom. The molecule has 1 atom stereocenters. The summed E-state index contributed by atoms with van der Waals surface area (Å²) in [6.45, 7) is 0. The third-order valence-electron chi connectivity index (χ3n) is 2.08. The van der Waals surface area contributed by atoms with Crippen molar-refractivity contribution in [3.8, 4) is 0 Å². The van der Waals surface area contributed by atoms with E-state index in [9.17, 15) is 0 Å². The van der Waals surface area contributed by atoms with E-state index in [1.807, 2.05) is 0 Å². The summed E-state index contributed by atoms with van der Waals surface area (Å²) in [5.74, 6) is 0. The van der Waals surface area contributed by atoms with Crippen LogP contribution in [0.5, 0.6) is 0 Å². The van der Waals surface area contributed by atoms with Crippen LogP contribution >= 0.6 is 15.9 Å². The Morgan fingerprint density at radius 3 is 2.82 bits per heavy atom. The van der Waals surface area contributed by atoms with Crippen molar-refractivity contribution in [2.24, 2.45) is 0 Å². The third-order valence-corrected chi connectivity index (χ3v) is 3.34. The Bertz CT molecular complexity index is 283. The zero-order valence-corrected chi connectivity index (χ0v) is 9.51. The zero-order valence-electron chi connectivity index (χ0n) is 6.05. The number of hydrogen-bond donors (Lipinski definition) is 0. The molecule has 0 nitrogen and oxygen atoms in total. The predicted octanol–water partition coefficient (Wildman–Crippen LogP) is 2.50. The average Bonchev–Trinajstić information content (AvgIpc) is 2.27. The Balaban J connectivity index is 2.43. The molecule has 0 fully saturated rings. The van der Waals surface area contributed by atoms with Crippen molar-refractivity contribution in [2.75, 3.05) is 0 Å². The van der Waals surface area contributed by atoms with Crippen molar-refractivity contribution in [2.45, 2.75) is 17.5 Å². The molecule has 2 radical (unpaired) electrons. The van der Waals surface area contributed by atoms with Crippen molar-refractivity contribution in [3.63, 3.8) is 0 Å². The van der Waals surface area contributed by atoms with Gasteiger partial charge in [0.05, 0.1) is 0 Å². The molecular formula is C9H8AsBr. The normalized spacial score (nSPS) is 21.8. The second-order valence-electron chi connectivity index (χ2n) is 2.98. The van der Waals surface area contributed by atoms with Crippen LogP contribution in [0, 0.1) is 0 Å². The van der Waals surface area contributed by atoms with Crippen molar-refractivity contribution in [1.29, 1.82) is 0 Å². The van der Waals surface area contributed by atoms with Crippen LogP contribution < -0.4 is 0 Å². The van der Waals surface area contributed by atoms with Crippen molar-refractivity contribution in [1.82, 2.24) is 0 Å². The minimum absolute atomic E-state index is 0.784. The molecule has 2 heteroatoms. The summed E-state index contributed by atoms with van der Waals surface area (Å²) in [7, 11) is 0. The maximum absolute atomic E-state index is 3.48. The molecule has 1 aliphatic rings. The fourth-order valence-electron chi connectivity index (χ4n) is 1.56. The van der Waals surface area contributed by atoms with Gasteiger partial charge in [0.25, 0.3) is 0 Å². The Labute approximate surface area is 84.0 Å². The molecule has 1 aliphatic carbocycles. The molecule has 0 aliphatic heterocycles. The van der Waals surface area contributed by atoms with Crippen LogP contribution in [0.25, 0.3) is 0 Å². The molecule has 0 unspecified atom stereocenters. The summed E-state index contributed by atoms with van der Waals surface area (Å²) < 4.78 is 1.99. The van der Waals surface area contributed by atoms with E-state index in [0.717, 1.165) is 4.71 Å². The van der Waals surface area contributed by atoms with Gasteiger partial charge in [-0.25, -0.2) is 0 Å². The maximum atomic E-state index is 3.48. The van der Waals surface area contributed by atoms with Crippen LogP contribution in [0.2, 0.25) is 4.71 Å². The van der Waals surface area contributed by atoms with Crippen LogP contribution in [0.15, 0.2) is 22.7 Å². The number of halogens is 1. The van der Waals surface area contributed by atoms with E-state index < -0.39 is 0 Å². The van der Waals surface area contributed by atoms with Crippen LogP contribution in [0.1, 0.15) is 11.1 Å². The van der Waals surface area contributed by atoms with E-state index in [2.05, 4.69) is 51.0 Å². The monoisotopic (exact) mass is 270 g/mol. The van der Waals surface area contributed by atoms with Gasteiger partial charge in [-0.1, -0.05) is 0 Å². The van der Waals surface area contributed by atoms with Gasteiger partial charge in [0.1, 0.15) is 0 Å². The second-order valence-corrected chi connectivity index (χ2v) is 5.42. The van der Waals surface area contributed by atoms with E-state index in [4.69, 9.17) is 0 Å². The molecule has 0 amide bonds. The van der Waals surface area contributed by atoms with Gasteiger partial charge in [-0.2, -0.15) is 0 Å². The first-order valence-corrected chi connectivity index (χ1v) is 5.59. The van der Waals surface area contributed by atoms with E-state index >= 15 is 0 Å². The SMILES string of the molecule is [As][C@@H]1Cc2ccc(Br)cc2C1. The predicted molar refractivity (Wildman–Crippen MR) is 51.1 cm³/mol. The molecule has 0 heterocycles. The molecule has 0 spiro atoms. The summed E-state index contributed by atoms with van der Waals surface area (Å²) in [4.78, 5) is 0. The number of benzene rings is 1. The summed E-state index contributed by atoms with van der Waals surface area (Å²) in [6.07, 6.45) is 2.47. The van der Waals surface area contributed by atoms with Gasteiger partial charge in [0.15, 0.2) is 0 Å². The van der Waals surface area contributed by atoms with Gasteiger partial charge >= 0.3 is 84.1 Å². The number of rotatable bonds is 0. The molecule has 1 aromatic carbocycles. The first-order chi connectivity index (χ1) is 5.25. The Hall–Kier alpha value is 0.258. The molecule has 56 valence electrons. The second kappa shape index (κ2) is 2.95. The van der Waals surface area contributed by atoms with E-state index in [0.29, 0.717) is 0 Å². The van der Waals surface area contributed by atoms with Gasteiger partial charge in [-0.05, 0) is 0 Å². The molecule has 0 bridgehead atoms. The first-order valence-electron chi connectivity index (χ1n) is 3.71.